The molecule has 2 aromatic rings. The van der Waals surface area contributed by atoms with Crippen LogP contribution in [-0.2, 0) is 13.5 Å². The van der Waals surface area contributed by atoms with Crippen molar-refractivity contribution in [2.24, 2.45) is 12.8 Å². The molecule has 2 heterocycles. The standard InChI is InChI=1S/C10H13ClN4S/c1-6-5-16-9(14-6)3-8(12)10-7(11)4-13-15(10)2/h4-5,8H,3,12H2,1-2H3. The molecule has 0 fully saturated rings. The van der Waals surface area contributed by atoms with Gasteiger partial charge in [0, 0.05) is 24.5 Å². The quantitative estimate of drug-likeness (QED) is 0.915. The molecule has 0 bridgehead atoms. The van der Waals surface area contributed by atoms with E-state index < -0.39 is 0 Å². The monoisotopic (exact) mass is 256 g/mol. The number of nitrogens with two attached hydrogens (primary N) is 1. The first-order valence-electron chi connectivity index (χ1n) is 4.92. The highest BCUT2D eigenvalue weighted by Gasteiger charge is 2.16. The molecule has 0 aliphatic rings. The van der Waals surface area contributed by atoms with Gasteiger partial charge in [0.25, 0.3) is 0 Å². The molecule has 6 heteroatoms. The van der Waals surface area contributed by atoms with E-state index in [1.807, 2.05) is 19.4 Å². The van der Waals surface area contributed by atoms with E-state index >= 15 is 0 Å². The van der Waals surface area contributed by atoms with Gasteiger partial charge in [0.1, 0.15) is 0 Å². The molecule has 0 amide bonds. The van der Waals surface area contributed by atoms with Crippen molar-refractivity contribution in [3.63, 3.8) is 0 Å². The fraction of sp³-hybridized carbons (Fsp3) is 0.400. The molecule has 0 saturated carbocycles. The van der Waals surface area contributed by atoms with Crippen LogP contribution in [0.3, 0.4) is 0 Å². The highest BCUT2D eigenvalue weighted by atomic mass is 35.5. The second-order valence-electron chi connectivity index (χ2n) is 3.69. The van der Waals surface area contributed by atoms with Crippen LogP contribution in [0.4, 0.5) is 0 Å². The average Bonchev–Trinajstić information content (AvgIpc) is 2.74. The Balaban J connectivity index is 2.17. The third-order valence-electron chi connectivity index (χ3n) is 2.35. The molecular weight excluding hydrogens is 244 g/mol. The lowest BCUT2D eigenvalue weighted by molar-refractivity contribution is 0.615. The number of halogens is 1. The largest absolute Gasteiger partial charge is 0.322 e. The lowest BCUT2D eigenvalue weighted by Crippen LogP contribution is -2.17. The Morgan fingerprint density at radius 2 is 2.38 bits per heavy atom. The lowest BCUT2D eigenvalue weighted by atomic mass is 10.1. The van der Waals surface area contributed by atoms with Crippen LogP contribution in [0.1, 0.15) is 22.4 Å². The fourth-order valence-corrected chi connectivity index (χ4v) is 2.76. The van der Waals surface area contributed by atoms with Crippen molar-refractivity contribution in [2.75, 3.05) is 0 Å². The predicted octanol–water partition coefficient (Wildman–Crippen LogP) is 2.08. The summed E-state index contributed by atoms with van der Waals surface area (Å²) in [5.41, 5.74) is 7.99. The molecule has 86 valence electrons. The first kappa shape index (κ1) is 11.6. The van der Waals surface area contributed by atoms with Crippen LogP contribution < -0.4 is 5.73 Å². The molecule has 0 saturated heterocycles. The number of hydrogen-bond donors (Lipinski definition) is 1. The van der Waals surface area contributed by atoms with Crippen LogP contribution >= 0.6 is 22.9 Å². The van der Waals surface area contributed by atoms with Crippen molar-refractivity contribution < 1.29 is 0 Å². The van der Waals surface area contributed by atoms with E-state index in [2.05, 4.69) is 10.1 Å². The molecule has 0 aliphatic heterocycles. The van der Waals surface area contributed by atoms with E-state index in [0.717, 1.165) is 16.4 Å². The molecular formula is C10H13ClN4S. The number of rotatable bonds is 3. The number of hydrogen-bond acceptors (Lipinski definition) is 4. The second-order valence-corrected chi connectivity index (χ2v) is 5.04. The first-order chi connectivity index (χ1) is 7.58. The second kappa shape index (κ2) is 4.53. The Labute approximate surface area is 103 Å². The summed E-state index contributed by atoms with van der Waals surface area (Å²) in [5, 5.41) is 7.74. The maximum absolute atomic E-state index is 6.10. The molecule has 2 rings (SSSR count). The van der Waals surface area contributed by atoms with E-state index in [1.54, 1.807) is 22.2 Å². The minimum Gasteiger partial charge on any atom is -0.322 e. The molecule has 0 spiro atoms. The highest BCUT2D eigenvalue weighted by molar-refractivity contribution is 7.09. The van der Waals surface area contributed by atoms with Crippen molar-refractivity contribution in [2.45, 2.75) is 19.4 Å². The van der Waals surface area contributed by atoms with E-state index in [9.17, 15) is 0 Å². The van der Waals surface area contributed by atoms with Crippen LogP contribution in [0, 0.1) is 6.92 Å². The summed E-state index contributed by atoms with van der Waals surface area (Å²) in [7, 11) is 1.84. The van der Waals surface area contributed by atoms with Gasteiger partial charge in [-0.3, -0.25) is 4.68 Å². The normalized spacial score (nSPS) is 13.0. The summed E-state index contributed by atoms with van der Waals surface area (Å²) in [5.74, 6) is 0. The smallest absolute Gasteiger partial charge is 0.0947 e. The zero-order chi connectivity index (χ0) is 11.7. The third-order valence-corrected chi connectivity index (χ3v) is 3.63. The lowest BCUT2D eigenvalue weighted by Gasteiger charge is -2.10. The zero-order valence-corrected chi connectivity index (χ0v) is 10.7. The third kappa shape index (κ3) is 2.26. The van der Waals surface area contributed by atoms with Crippen molar-refractivity contribution in [1.82, 2.24) is 14.8 Å². The fourth-order valence-electron chi connectivity index (χ4n) is 1.62. The van der Waals surface area contributed by atoms with Crippen molar-refractivity contribution in [3.05, 3.63) is 33.0 Å². The summed E-state index contributed by atoms with van der Waals surface area (Å²) in [6.45, 7) is 1.97. The maximum Gasteiger partial charge on any atom is 0.0947 e. The van der Waals surface area contributed by atoms with Gasteiger partial charge in [0.05, 0.1) is 28.0 Å². The van der Waals surface area contributed by atoms with Gasteiger partial charge in [-0.15, -0.1) is 11.3 Å². The summed E-state index contributed by atoms with van der Waals surface area (Å²) in [6.07, 6.45) is 2.31. The van der Waals surface area contributed by atoms with E-state index in [-0.39, 0.29) is 6.04 Å². The van der Waals surface area contributed by atoms with Crippen molar-refractivity contribution in [3.8, 4) is 0 Å². The molecule has 1 atom stereocenters. The molecule has 0 aliphatic carbocycles. The summed E-state index contributed by atoms with van der Waals surface area (Å²) in [6, 6.07) is -0.162. The molecule has 0 aromatic carbocycles. The Morgan fingerprint density at radius 3 is 2.88 bits per heavy atom. The van der Waals surface area contributed by atoms with Crippen LogP contribution in [0.2, 0.25) is 5.02 Å². The maximum atomic E-state index is 6.10. The van der Waals surface area contributed by atoms with Crippen LogP contribution in [0.5, 0.6) is 0 Å². The van der Waals surface area contributed by atoms with Gasteiger partial charge in [0.15, 0.2) is 0 Å². The van der Waals surface area contributed by atoms with Gasteiger partial charge >= 0.3 is 0 Å². The average molecular weight is 257 g/mol. The zero-order valence-electron chi connectivity index (χ0n) is 9.14. The topological polar surface area (TPSA) is 56.7 Å². The summed E-state index contributed by atoms with van der Waals surface area (Å²) < 4.78 is 1.72. The van der Waals surface area contributed by atoms with Crippen molar-refractivity contribution in [1.29, 1.82) is 0 Å². The van der Waals surface area contributed by atoms with Gasteiger partial charge in [-0.2, -0.15) is 5.10 Å². The van der Waals surface area contributed by atoms with Gasteiger partial charge in [-0.1, -0.05) is 11.6 Å². The van der Waals surface area contributed by atoms with E-state index in [1.165, 1.54) is 0 Å². The summed E-state index contributed by atoms with van der Waals surface area (Å²) >= 11 is 7.65. The molecule has 0 radical (unpaired) electrons. The Hall–Kier alpha value is -0.910. The number of thiazole rings is 1. The van der Waals surface area contributed by atoms with Gasteiger partial charge in [0.2, 0.25) is 0 Å². The minimum atomic E-state index is -0.162. The highest BCUT2D eigenvalue weighted by Crippen LogP contribution is 2.24. The minimum absolute atomic E-state index is 0.162. The molecule has 4 nitrogen and oxygen atoms in total. The summed E-state index contributed by atoms with van der Waals surface area (Å²) in [4.78, 5) is 4.39. The van der Waals surface area contributed by atoms with Gasteiger partial charge in [-0.25, -0.2) is 4.98 Å². The van der Waals surface area contributed by atoms with Crippen molar-refractivity contribution >= 4 is 22.9 Å². The van der Waals surface area contributed by atoms with Crippen LogP contribution in [-0.4, -0.2) is 14.8 Å². The molecule has 16 heavy (non-hydrogen) atoms. The number of aryl methyl sites for hydroxylation is 2. The first-order valence-corrected chi connectivity index (χ1v) is 6.17. The molecule has 1 unspecified atom stereocenters. The molecule has 2 N–H and O–H groups in total. The number of nitrogens with zero attached hydrogens (tertiary/aromatic N) is 3. The van der Waals surface area contributed by atoms with Gasteiger partial charge < -0.3 is 5.73 Å². The van der Waals surface area contributed by atoms with Crippen LogP contribution in [0.25, 0.3) is 0 Å². The Kier molecular flexibility index (Phi) is 3.28. The molecule has 2 aromatic heterocycles. The van der Waals surface area contributed by atoms with Crippen LogP contribution in [0.15, 0.2) is 11.6 Å². The van der Waals surface area contributed by atoms with E-state index in [0.29, 0.717) is 11.4 Å². The SMILES string of the molecule is Cc1csc(CC(N)c2c(Cl)cnn2C)n1. The Bertz CT molecular complexity index is 471. The van der Waals surface area contributed by atoms with Gasteiger partial charge in [-0.05, 0) is 6.92 Å². The Morgan fingerprint density at radius 1 is 1.62 bits per heavy atom. The van der Waals surface area contributed by atoms with E-state index in [4.69, 9.17) is 17.3 Å². The number of aromatic nitrogens is 3. The predicted molar refractivity (Wildman–Crippen MR) is 65.7 cm³/mol.